The number of rotatable bonds is 5. The third-order valence-corrected chi connectivity index (χ3v) is 5.27. The van der Waals surface area contributed by atoms with E-state index in [4.69, 9.17) is 4.74 Å². The summed E-state index contributed by atoms with van der Waals surface area (Å²) < 4.78 is 5.22. The lowest BCUT2D eigenvalue weighted by Crippen LogP contribution is -2.58. The normalized spacial score (nSPS) is 22.3. The first kappa shape index (κ1) is 18.4. The molecule has 2 N–H and O–H groups in total. The van der Waals surface area contributed by atoms with E-state index in [0.29, 0.717) is 13.2 Å². The second-order valence-corrected chi connectivity index (χ2v) is 6.91. The smallest absolute Gasteiger partial charge is 0.329 e. The number of nitrogens with zero attached hydrogens (tertiary/aromatic N) is 1. The SMILES string of the molecule is CCc1ccc(N2CC(C(=O)NC3(C(=O)O)CCOCC3)CC2=O)cc1. The number of carboxylic acids is 1. The molecule has 1 unspecified atom stereocenters. The summed E-state index contributed by atoms with van der Waals surface area (Å²) in [5, 5.41) is 12.3. The molecule has 2 aliphatic rings. The van der Waals surface area contributed by atoms with Crippen LogP contribution in [-0.4, -0.2) is 48.2 Å². The predicted molar refractivity (Wildman–Crippen MR) is 94.8 cm³/mol. The van der Waals surface area contributed by atoms with Gasteiger partial charge in [0.2, 0.25) is 11.8 Å². The van der Waals surface area contributed by atoms with Gasteiger partial charge in [-0.05, 0) is 24.1 Å². The zero-order chi connectivity index (χ0) is 18.7. The number of aliphatic carboxylic acids is 1. The van der Waals surface area contributed by atoms with Crippen LogP contribution in [0.3, 0.4) is 0 Å². The molecule has 2 amide bonds. The summed E-state index contributed by atoms with van der Waals surface area (Å²) in [5.41, 5.74) is 0.647. The molecule has 0 aliphatic carbocycles. The van der Waals surface area contributed by atoms with E-state index >= 15 is 0 Å². The molecule has 1 atom stereocenters. The Morgan fingerprint density at radius 3 is 2.50 bits per heavy atom. The maximum absolute atomic E-state index is 12.7. The molecule has 140 valence electrons. The van der Waals surface area contributed by atoms with Crippen molar-refractivity contribution in [2.45, 2.75) is 38.1 Å². The lowest BCUT2D eigenvalue weighted by Gasteiger charge is -2.34. The van der Waals surface area contributed by atoms with Gasteiger partial charge in [0.05, 0.1) is 5.92 Å². The minimum atomic E-state index is -1.30. The molecule has 0 spiro atoms. The molecule has 0 bridgehead atoms. The molecular formula is C19H24N2O5. The molecule has 2 fully saturated rings. The molecule has 0 aromatic heterocycles. The van der Waals surface area contributed by atoms with Crippen molar-refractivity contribution >= 4 is 23.5 Å². The van der Waals surface area contributed by atoms with Crippen LogP contribution in [0.15, 0.2) is 24.3 Å². The average molecular weight is 360 g/mol. The summed E-state index contributed by atoms with van der Waals surface area (Å²) in [7, 11) is 0. The minimum absolute atomic E-state index is 0.0908. The van der Waals surface area contributed by atoms with Gasteiger partial charge in [-0.15, -0.1) is 0 Å². The van der Waals surface area contributed by atoms with Crippen molar-refractivity contribution in [3.05, 3.63) is 29.8 Å². The number of hydrogen-bond donors (Lipinski definition) is 2. The number of carbonyl (C=O) groups is 3. The average Bonchev–Trinajstić information content (AvgIpc) is 3.04. The number of ether oxygens (including phenoxy) is 1. The summed E-state index contributed by atoms with van der Waals surface area (Å²) in [5.74, 6) is -2.10. The van der Waals surface area contributed by atoms with Crippen LogP contribution < -0.4 is 10.2 Å². The lowest BCUT2D eigenvalue weighted by atomic mass is 9.89. The Hall–Kier alpha value is -2.41. The van der Waals surface area contributed by atoms with Gasteiger partial charge in [0.25, 0.3) is 0 Å². The van der Waals surface area contributed by atoms with Gasteiger partial charge in [-0.1, -0.05) is 19.1 Å². The highest BCUT2D eigenvalue weighted by Gasteiger charge is 2.44. The van der Waals surface area contributed by atoms with E-state index in [0.717, 1.165) is 12.1 Å². The first-order valence-corrected chi connectivity index (χ1v) is 8.97. The third kappa shape index (κ3) is 3.58. The van der Waals surface area contributed by atoms with Crippen LogP contribution in [-0.2, 0) is 25.5 Å². The maximum Gasteiger partial charge on any atom is 0.329 e. The fourth-order valence-electron chi connectivity index (χ4n) is 3.49. The van der Waals surface area contributed by atoms with Crippen LogP contribution in [0.4, 0.5) is 5.69 Å². The van der Waals surface area contributed by atoms with E-state index in [-0.39, 0.29) is 37.6 Å². The van der Waals surface area contributed by atoms with E-state index < -0.39 is 17.4 Å². The maximum atomic E-state index is 12.7. The summed E-state index contributed by atoms with van der Waals surface area (Å²) in [6.45, 7) is 2.92. The molecule has 7 nitrogen and oxygen atoms in total. The molecule has 2 saturated heterocycles. The highest BCUT2D eigenvalue weighted by atomic mass is 16.5. The summed E-state index contributed by atoms with van der Waals surface area (Å²) in [4.78, 5) is 38.3. The number of benzene rings is 1. The fourth-order valence-corrected chi connectivity index (χ4v) is 3.49. The second kappa shape index (κ2) is 7.45. The Kier molecular flexibility index (Phi) is 5.27. The molecule has 0 radical (unpaired) electrons. The summed E-state index contributed by atoms with van der Waals surface area (Å²) in [6, 6.07) is 7.71. The van der Waals surface area contributed by atoms with Gasteiger partial charge >= 0.3 is 5.97 Å². The first-order chi connectivity index (χ1) is 12.4. The molecule has 7 heteroatoms. The monoisotopic (exact) mass is 360 g/mol. The topological polar surface area (TPSA) is 95.9 Å². The molecule has 2 aliphatic heterocycles. The van der Waals surface area contributed by atoms with Crippen molar-refractivity contribution in [2.75, 3.05) is 24.7 Å². The molecular weight excluding hydrogens is 336 g/mol. The molecule has 1 aromatic rings. The lowest BCUT2D eigenvalue weighted by molar-refractivity contribution is -0.152. The number of hydrogen-bond acceptors (Lipinski definition) is 4. The zero-order valence-electron chi connectivity index (χ0n) is 14.9. The van der Waals surface area contributed by atoms with Gasteiger partial charge in [-0.3, -0.25) is 9.59 Å². The van der Waals surface area contributed by atoms with E-state index in [9.17, 15) is 19.5 Å². The largest absolute Gasteiger partial charge is 0.480 e. The van der Waals surface area contributed by atoms with Crippen LogP contribution in [0.2, 0.25) is 0 Å². The van der Waals surface area contributed by atoms with E-state index in [1.807, 2.05) is 24.3 Å². The third-order valence-electron chi connectivity index (χ3n) is 5.27. The van der Waals surface area contributed by atoms with E-state index in [2.05, 4.69) is 12.2 Å². The van der Waals surface area contributed by atoms with Crippen molar-refractivity contribution < 1.29 is 24.2 Å². The molecule has 0 saturated carbocycles. The molecule has 26 heavy (non-hydrogen) atoms. The second-order valence-electron chi connectivity index (χ2n) is 6.91. The number of amides is 2. The van der Waals surface area contributed by atoms with Gasteiger partial charge in [0.1, 0.15) is 5.54 Å². The van der Waals surface area contributed by atoms with Gasteiger partial charge in [-0.2, -0.15) is 0 Å². The Morgan fingerprint density at radius 1 is 1.27 bits per heavy atom. The number of anilines is 1. The van der Waals surface area contributed by atoms with E-state index in [1.54, 1.807) is 4.90 Å². The number of aryl methyl sites for hydroxylation is 1. The van der Waals surface area contributed by atoms with Crippen LogP contribution in [0.1, 0.15) is 31.7 Å². The van der Waals surface area contributed by atoms with Crippen molar-refractivity contribution in [3.63, 3.8) is 0 Å². The quantitative estimate of drug-likeness (QED) is 0.826. The minimum Gasteiger partial charge on any atom is -0.480 e. The number of carbonyl (C=O) groups excluding carboxylic acids is 2. The summed E-state index contributed by atoms with van der Waals surface area (Å²) >= 11 is 0. The van der Waals surface area contributed by atoms with Gasteiger partial charge in [0.15, 0.2) is 0 Å². The highest BCUT2D eigenvalue weighted by Crippen LogP contribution is 2.28. The van der Waals surface area contributed by atoms with Crippen LogP contribution >= 0.6 is 0 Å². The first-order valence-electron chi connectivity index (χ1n) is 8.97. The van der Waals surface area contributed by atoms with Gasteiger partial charge in [0, 0.05) is 44.7 Å². The van der Waals surface area contributed by atoms with Crippen molar-refractivity contribution in [2.24, 2.45) is 5.92 Å². The highest BCUT2D eigenvalue weighted by molar-refractivity contribution is 6.01. The molecule has 1 aromatic carbocycles. The Morgan fingerprint density at radius 2 is 1.92 bits per heavy atom. The van der Waals surface area contributed by atoms with Crippen molar-refractivity contribution in [1.82, 2.24) is 5.32 Å². The Labute approximate surface area is 152 Å². The molecule has 3 rings (SSSR count). The standard InChI is InChI=1S/C19H24N2O5/c1-2-13-3-5-15(6-4-13)21-12-14(11-16(21)22)17(23)20-19(18(24)25)7-9-26-10-8-19/h3-6,14H,2,7-12H2,1H3,(H,20,23)(H,24,25). The Bertz CT molecular complexity index is 694. The van der Waals surface area contributed by atoms with E-state index in [1.165, 1.54) is 5.56 Å². The van der Waals surface area contributed by atoms with Gasteiger partial charge in [-0.25, -0.2) is 4.79 Å². The van der Waals surface area contributed by atoms with Crippen LogP contribution in [0.25, 0.3) is 0 Å². The number of nitrogens with one attached hydrogen (secondary N) is 1. The Balaban J connectivity index is 1.69. The van der Waals surface area contributed by atoms with Crippen LogP contribution in [0.5, 0.6) is 0 Å². The van der Waals surface area contributed by atoms with Crippen LogP contribution in [0, 0.1) is 5.92 Å². The van der Waals surface area contributed by atoms with Crippen molar-refractivity contribution in [3.8, 4) is 0 Å². The zero-order valence-corrected chi connectivity index (χ0v) is 14.9. The summed E-state index contributed by atoms with van der Waals surface area (Å²) in [6.07, 6.45) is 1.47. The molecule has 2 heterocycles. The van der Waals surface area contributed by atoms with Gasteiger partial charge < -0.3 is 20.1 Å². The number of carboxylic acid groups (broad SMARTS) is 1. The predicted octanol–water partition coefficient (Wildman–Crippen LogP) is 1.35. The van der Waals surface area contributed by atoms with Crippen molar-refractivity contribution in [1.29, 1.82) is 0 Å². The fraction of sp³-hybridized carbons (Fsp3) is 0.526.